The SMILES string of the molecule is CCC(C)NC(=O)Cn1c(N)nc2cc(F)c(F)cc21. The Balaban J connectivity index is 2.32. The molecule has 0 aliphatic carbocycles. The molecule has 1 atom stereocenters. The number of fused-ring (bicyclic) bond motifs is 1. The fourth-order valence-corrected chi connectivity index (χ4v) is 1.87. The number of carbonyl (C=O) groups is 1. The minimum absolute atomic E-state index is 0.0349. The number of hydrogen-bond acceptors (Lipinski definition) is 3. The highest BCUT2D eigenvalue weighted by molar-refractivity contribution is 5.83. The van der Waals surface area contributed by atoms with Crippen molar-refractivity contribution in [1.29, 1.82) is 0 Å². The van der Waals surface area contributed by atoms with Crippen LogP contribution in [0, 0.1) is 11.6 Å². The summed E-state index contributed by atoms with van der Waals surface area (Å²) >= 11 is 0. The van der Waals surface area contributed by atoms with E-state index in [1.54, 1.807) is 0 Å². The van der Waals surface area contributed by atoms with Crippen molar-refractivity contribution in [1.82, 2.24) is 14.9 Å². The Morgan fingerprint density at radius 1 is 1.45 bits per heavy atom. The van der Waals surface area contributed by atoms with Crippen LogP contribution in [0.3, 0.4) is 0 Å². The van der Waals surface area contributed by atoms with Gasteiger partial charge in [0.05, 0.1) is 11.0 Å². The Morgan fingerprint density at radius 3 is 2.75 bits per heavy atom. The lowest BCUT2D eigenvalue weighted by molar-refractivity contribution is -0.122. The molecule has 1 amide bonds. The third-order valence-corrected chi connectivity index (χ3v) is 3.14. The topological polar surface area (TPSA) is 72.9 Å². The van der Waals surface area contributed by atoms with E-state index in [4.69, 9.17) is 5.73 Å². The number of imidazole rings is 1. The van der Waals surface area contributed by atoms with Crippen LogP contribution in [0.25, 0.3) is 11.0 Å². The molecule has 0 aliphatic heterocycles. The molecular formula is C13H16F2N4O. The van der Waals surface area contributed by atoms with Crippen molar-refractivity contribution in [2.45, 2.75) is 32.9 Å². The van der Waals surface area contributed by atoms with Gasteiger partial charge in [-0.1, -0.05) is 6.92 Å². The minimum atomic E-state index is -0.999. The van der Waals surface area contributed by atoms with Crippen molar-refractivity contribution in [3.8, 4) is 0 Å². The molecule has 1 heterocycles. The van der Waals surface area contributed by atoms with Crippen LogP contribution in [0.5, 0.6) is 0 Å². The van der Waals surface area contributed by atoms with Crippen LogP contribution in [0.2, 0.25) is 0 Å². The first-order valence-electron chi connectivity index (χ1n) is 6.32. The highest BCUT2D eigenvalue weighted by Gasteiger charge is 2.15. The van der Waals surface area contributed by atoms with Gasteiger partial charge in [-0.25, -0.2) is 13.8 Å². The zero-order chi connectivity index (χ0) is 14.9. The van der Waals surface area contributed by atoms with E-state index in [1.165, 1.54) is 4.57 Å². The molecule has 0 aliphatic rings. The molecule has 1 aromatic carbocycles. The number of hydrogen-bond donors (Lipinski definition) is 2. The quantitative estimate of drug-likeness (QED) is 0.898. The van der Waals surface area contributed by atoms with Gasteiger partial charge in [-0.15, -0.1) is 0 Å². The molecule has 0 radical (unpaired) electrons. The second-order valence-corrected chi connectivity index (χ2v) is 4.69. The molecule has 7 heteroatoms. The molecule has 2 rings (SSSR count). The van der Waals surface area contributed by atoms with Crippen LogP contribution in [0.15, 0.2) is 12.1 Å². The number of nitrogen functional groups attached to an aromatic ring is 1. The predicted molar refractivity (Wildman–Crippen MR) is 72.0 cm³/mol. The van der Waals surface area contributed by atoms with Crippen LogP contribution in [-0.4, -0.2) is 21.5 Å². The summed E-state index contributed by atoms with van der Waals surface area (Å²) in [6, 6.07) is 1.99. The second-order valence-electron chi connectivity index (χ2n) is 4.69. The van der Waals surface area contributed by atoms with Crippen molar-refractivity contribution in [2.24, 2.45) is 0 Å². The van der Waals surface area contributed by atoms with Crippen molar-refractivity contribution < 1.29 is 13.6 Å². The highest BCUT2D eigenvalue weighted by Crippen LogP contribution is 2.21. The van der Waals surface area contributed by atoms with E-state index in [0.29, 0.717) is 5.52 Å². The molecule has 108 valence electrons. The van der Waals surface area contributed by atoms with Crippen LogP contribution >= 0.6 is 0 Å². The zero-order valence-corrected chi connectivity index (χ0v) is 11.3. The van der Waals surface area contributed by atoms with E-state index in [2.05, 4.69) is 10.3 Å². The number of nitrogens with one attached hydrogen (secondary N) is 1. The molecular weight excluding hydrogens is 266 g/mol. The van der Waals surface area contributed by atoms with E-state index in [9.17, 15) is 13.6 Å². The summed E-state index contributed by atoms with van der Waals surface area (Å²) in [5, 5.41) is 2.77. The maximum absolute atomic E-state index is 13.3. The van der Waals surface area contributed by atoms with Gasteiger partial charge in [0, 0.05) is 18.2 Å². The zero-order valence-electron chi connectivity index (χ0n) is 11.3. The fourth-order valence-electron chi connectivity index (χ4n) is 1.87. The lowest BCUT2D eigenvalue weighted by Gasteiger charge is -2.12. The first kappa shape index (κ1) is 14.2. The van der Waals surface area contributed by atoms with Crippen LogP contribution in [0.1, 0.15) is 20.3 Å². The van der Waals surface area contributed by atoms with Crippen LogP contribution in [-0.2, 0) is 11.3 Å². The summed E-state index contributed by atoms with van der Waals surface area (Å²) in [4.78, 5) is 15.8. The van der Waals surface area contributed by atoms with E-state index < -0.39 is 11.6 Å². The molecule has 5 nitrogen and oxygen atoms in total. The molecule has 3 N–H and O–H groups in total. The van der Waals surface area contributed by atoms with Crippen molar-refractivity contribution in [3.63, 3.8) is 0 Å². The van der Waals surface area contributed by atoms with Gasteiger partial charge < -0.3 is 15.6 Å². The first-order chi connectivity index (χ1) is 9.42. The van der Waals surface area contributed by atoms with Gasteiger partial charge >= 0.3 is 0 Å². The smallest absolute Gasteiger partial charge is 0.240 e. The third kappa shape index (κ3) is 2.71. The van der Waals surface area contributed by atoms with Gasteiger partial charge in [-0.2, -0.15) is 0 Å². The lowest BCUT2D eigenvalue weighted by Crippen LogP contribution is -2.34. The number of nitrogens with zero attached hydrogens (tertiary/aromatic N) is 2. The van der Waals surface area contributed by atoms with Crippen molar-refractivity contribution in [2.75, 3.05) is 5.73 Å². The Labute approximate surface area is 114 Å². The van der Waals surface area contributed by atoms with Crippen LogP contribution < -0.4 is 11.1 Å². The molecule has 0 fully saturated rings. The molecule has 1 aromatic heterocycles. The van der Waals surface area contributed by atoms with Gasteiger partial charge in [-0.05, 0) is 13.3 Å². The van der Waals surface area contributed by atoms with E-state index in [0.717, 1.165) is 18.6 Å². The number of aromatic nitrogens is 2. The van der Waals surface area contributed by atoms with Gasteiger partial charge in [0.15, 0.2) is 11.6 Å². The number of carbonyl (C=O) groups excluding carboxylic acids is 1. The number of anilines is 1. The molecule has 0 bridgehead atoms. The monoisotopic (exact) mass is 282 g/mol. The Morgan fingerprint density at radius 2 is 2.10 bits per heavy atom. The summed E-state index contributed by atoms with van der Waals surface area (Å²) in [7, 11) is 0. The molecule has 1 unspecified atom stereocenters. The van der Waals surface area contributed by atoms with Crippen molar-refractivity contribution in [3.05, 3.63) is 23.8 Å². The van der Waals surface area contributed by atoms with Crippen LogP contribution in [0.4, 0.5) is 14.7 Å². The van der Waals surface area contributed by atoms with E-state index >= 15 is 0 Å². The van der Waals surface area contributed by atoms with Gasteiger partial charge in [0.1, 0.15) is 6.54 Å². The summed E-state index contributed by atoms with van der Waals surface area (Å²) < 4.78 is 27.8. The second kappa shape index (κ2) is 5.44. The predicted octanol–water partition coefficient (Wildman–Crippen LogP) is 1.81. The average Bonchev–Trinajstić information content (AvgIpc) is 2.66. The Bertz CT molecular complexity index is 653. The number of benzene rings is 1. The van der Waals surface area contributed by atoms with Gasteiger partial charge in [-0.3, -0.25) is 4.79 Å². The molecule has 0 spiro atoms. The Kier molecular flexibility index (Phi) is 3.87. The highest BCUT2D eigenvalue weighted by atomic mass is 19.2. The maximum atomic E-state index is 13.3. The molecule has 20 heavy (non-hydrogen) atoms. The summed E-state index contributed by atoms with van der Waals surface area (Å²) in [5.74, 6) is -2.20. The molecule has 0 saturated carbocycles. The van der Waals surface area contributed by atoms with Crippen molar-refractivity contribution >= 4 is 22.9 Å². The van der Waals surface area contributed by atoms with Gasteiger partial charge in [0.25, 0.3) is 0 Å². The standard InChI is InChI=1S/C13H16F2N4O/c1-3-7(2)17-12(20)6-19-11-5-9(15)8(14)4-10(11)18-13(19)16/h4-5,7H,3,6H2,1-2H3,(H2,16,18)(H,17,20). The number of nitrogens with two attached hydrogens (primary N) is 1. The van der Waals surface area contributed by atoms with E-state index in [-0.39, 0.29) is 30.0 Å². The fraction of sp³-hybridized carbons (Fsp3) is 0.385. The Hall–Kier alpha value is -2.18. The lowest BCUT2D eigenvalue weighted by atomic mass is 10.2. The summed E-state index contributed by atoms with van der Waals surface area (Å²) in [5.41, 5.74) is 6.20. The number of rotatable bonds is 4. The first-order valence-corrected chi connectivity index (χ1v) is 6.32. The summed E-state index contributed by atoms with van der Waals surface area (Å²) in [6.07, 6.45) is 0.797. The number of amides is 1. The van der Waals surface area contributed by atoms with Gasteiger partial charge in [0.2, 0.25) is 11.9 Å². The third-order valence-electron chi connectivity index (χ3n) is 3.14. The largest absolute Gasteiger partial charge is 0.369 e. The average molecular weight is 282 g/mol. The van der Waals surface area contributed by atoms with E-state index in [1.807, 2.05) is 13.8 Å². The maximum Gasteiger partial charge on any atom is 0.240 e. The molecule has 2 aromatic rings. The molecule has 0 saturated heterocycles. The normalized spacial score (nSPS) is 12.6. The minimum Gasteiger partial charge on any atom is -0.369 e. The number of halogens is 2. The summed E-state index contributed by atoms with van der Waals surface area (Å²) in [6.45, 7) is 3.74.